The number of hydrogen-bond acceptors (Lipinski definition) is 6. The number of hydrogen-bond donors (Lipinski definition) is 2. The molecule has 2 rings (SSSR count). The first kappa shape index (κ1) is 19.6. The Morgan fingerprint density at radius 1 is 1.15 bits per heavy atom. The van der Waals surface area contributed by atoms with E-state index in [-0.39, 0.29) is 17.9 Å². The second-order valence-electron chi connectivity index (χ2n) is 6.20. The molecule has 0 spiro atoms. The van der Waals surface area contributed by atoms with Gasteiger partial charge in [-0.3, -0.25) is 10.1 Å². The summed E-state index contributed by atoms with van der Waals surface area (Å²) in [5, 5.41) is 14.6. The molecule has 0 aliphatic rings. The Morgan fingerprint density at radius 3 is 2.35 bits per heavy atom. The molecule has 1 atom stereocenters. The minimum atomic E-state index is -0.668. The highest BCUT2D eigenvalue weighted by molar-refractivity contribution is 7.18. The molecule has 1 aromatic heterocycles. The van der Waals surface area contributed by atoms with Crippen LogP contribution in [-0.2, 0) is 4.79 Å². The average Bonchev–Trinajstić information content (AvgIpc) is 3.07. The monoisotopic (exact) mass is 377 g/mol. The molecule has 1 aromatic carbocycles. The molecule has 1 unspecified atom stereocenters. The summed E-state index contributed by atoms with van der Waals surface area (Å²) in [4.78, 5) is 25.8. The maximum Gasteiger partial charge on any atom is 0.317 e. The zero-order chi connectivity index (χ0) is 19.3. The average molecular weight is 377 g/mol. The van der Waals surface area contributed by atoms with Gasteiger partial charge < -0.3 is 15.0 Å². The first-order chi connectivity index (χ1) is 12.3. The summed E-state index contributed by atoms with van der Waals surface area (Å²) in [7, 11) is 4.85. The number of methoxy groups -OCH3 is 1. The topological polar surface area (TPSA) is 96.5 Å². The van der Waals surface area contributed by atoms with Crippen LogP contribution in [0.1, 0.15) is 13.8 Å². The van der Waals surface area contributed by atoms with Crippen LogP contribution in [0.5, 0.6) is 5.75 Å². The predicted octanol–water partition coefficient (Wildman–Crippen LogP) is 2.45. The van der Waals surface area contributed by atoms with Crippen LogP contribution in [0.15, 0.2) is 24.3 Å². The molecule has 2 aromatic rings. The van der Waals surface area contributed by atoms with Crippen molar-refractivity contribution in [3.63, 3.8) is 0 Å². The molecule has 0 aliphatic heterocycles. The number of amides is 3. The lowest BCUT2D eigenvalue weighted by molar-refractivity contribution is -0.118. The molecule has 0 bridgehead atoms. The summed E-state index contributed by atoms with van der Waals surface area (Å²) in [6.45, 7) is 3.73. The molecule has 0 saturated carbocycles. The van der Waals surface area contributed by atoms with E-state index in [9.17, 15) is 9.59 Å². The number of aromatic nitrogens is 2. The van der Waals surface area contributed by atoms with Crippen LogP contribution in [0.25, 0.3) is 10.6 Å². The van der Waals surface area contributed by atoms with Crippen LogP contribution < -0.4 is 15.4 Å². The number of anilines is 1. The van der Waals surface area contributed by atoms with Crippen molar-refractivity contribution in [2.75, 3.05) is 26.5 Å². The number of carbonyl (C=O) groups is 2. The van der Waals surface area contributed by atoms with Gasteiger partial charge in [0.1, 0.15) is 16.8 Å². The second kappa shape index (κ2) is 8.61. The van der Waals surface area contributed by atoms with Crippen LogP contribution in [0.2, 0.25) is 0 Å². The zero-order valence-corrected chi connectivity index (χ0v) is 16.3. The number of ether oxygens (including phenoxy) is 1. The molecule has 3 amide bonds. The van der Waals surface area contributed by atoms with Gasteiger partial charge in [0.25, 0.3) is 0 Å². The summed E-state index contributed by atoms with van der Waals surface area (Å²) in [5.41, 5.74) is 0.880. The van der Waals surface area contributed by atoms with Crippen molar-refractivity contribution in [3.8, 4) is 16.3 Å². The van der Waals surface area contributed by atoms with E-state index in [0.29, 0.717) is 10.1 Å². The molecule has 0 fully saturated rings. The van der Waals surface area contributed by atoms with Gasteiger partial charge in [-0.05, 0) is 30.2 Å². The Labute approximate surface area is 156 Å². The first-order valence-electron chi connectivity index (χ1n) is 8.08. The van der Waals surface area contributed by atoms with E-state index >= 15 is 0 Å². The summed E-state index contributed by atoms with van der Waals surface area (Å²) in [6.07, 6.45) is 0. The molecule has 0 radical (unpaired) electrons. The number of nitrogens with one attached hydrogen (secondary N) is 2. The molecule has 0 aliphatic carbocycles. The van der Waals surface area contributed by atoms with Crippen molar-refractivity contribution in [2.45, 2.75) is 19.9 Å². The van der Waals surface area contributed by atoms with E-state index in [0.717, 1.165) is 11.3 Å². The van der Waals surface area contributed by atoms with Gasteiger partial charge >= 0.3 is 6.03 Å². The van der Waals surface area contributed by atoms with Gasteiger partial charge in [0.05, 0.1) is 7.11 Å². The number of benzene rings is 1. The van der Waals surface area contributed by atoms with Crippen molar-refractivity contribution >= 4 is 28.4 Å². The predicted molar refractivity (Wildman–Crippen MR) is 101 cm³/mol. The lowest BCUT2D eigenvalue weighted by Gasteiger charge is -2.23. The van der Waals surface area contributed by atoms with Gasteiger partial charge in [-0.1, -0.05) is 25.2 Å². The van der Waals surface area contributed by atoms with Crippen LogP contribution in [0, 0.1) is 5.92 Å². The molecule has 26 heavy (non-hydrogen) atoms. The van der Waals surface area contributed by atoms with E-state index in [1.54, 1.807) is 21.2 Å². The molecule has 8 nitrogen and oxygen atoms in total. The van der Waals surface area contributed by atoms with Gasteiger partial charge in [-0.2, -0.15) is 0 Å². The molecule has 140 valence electrons. The Hall–Kier alpha value is -2.68. The largest absolute Gasteiger partial charge is 0.497 e. The smallest absolute Gasteiger partial charge is 0.317 e. The van der Waals surface area contributed by atoms with Crippen molar-refractivity contribution in [1.29, 1.82) is 0 Å². The van der Waals surface area contributed by atoms with E-state index in [1.807, 2.05) is 38.1 Å². The number of rotatable bonds is 6. The number of carbonyl (C=O) groups excluding carboxylic acids is 2. The third kappa shape index (κ3) is 4.92. The molecule has 2 N–H and O–H groups in total. The number of nitrogens with zero attached hydrogens (tertiary/aromatic N) is 3. The fourth-order valence-electron chi connectivity index (χ4n) is 2.10. The van der Waals surface area contributed by atoms with Crippen molar-refractivity contribution in [2.24, 2.45) is 5.92 Å². The van der Waals surface area contributed by atoms with E-state index in [2.05, 4.69) is 20.8 Å². The van der Waals surface area contributed by atoms with Crippen molar-refractivity contribution < 1.29 is 14.3 Å². The van der Waals surface area contributed by atoms with Crippen molar-refractivity contribution in [3.05, 3.63) is 24.3 Å². The van der Waals surface area contributed by atoms with Gasteiger partial charge in [0.15, 0.2) is 0 Å². The third-order valence-corrected chi connectivity index (χ3v) is 4.51. The number of urea groups is 1. The van der Waals surface area contributed by atoms with E-state index < -0.39 is 6.04 Å². The third-order valence-electron chi connectivity index (χ3n) is 3.63. The summed E-state index contributed by atoms with van der Waals surface area (Å²) < 4.78 is 5.13. The summed E-state index contributed by atoms with van der Waals surface area (Å²) in [6, 6.07) is 6.42. The SMILES string of the molecule is COc1ccc(-c2nnc(NC(=O)C(NC(=O)N(C)C)C(C)C)s2)cc1. The van der Waals surface area contributed by atoms with Crippen molar-refractivity contribution in [1.82, 2.24) is 20.4 Å². The van der Waals surface area contributed by atoms with Gasteiger partial charge in [-0.15, -0.1) is 10.2 Å². The fourth-order valence-corrected chi connectivity index (χ4v) is 2.86. The van der Waals surface area contributed by atoms with Crippen LogP contribution >= 0.6 is 11.3 Å². The lowest BCUT2D eigenvalue weighted by atomic mass is 10.0. The van der Waals surface area contributed by atoms with E-state index in [1.165, 1.54) is 16.2 Å². The highest BCUT2D eigenvalue weighted by Gasteiger charge is 2.25. The zero-order valence-electron chi connectivity index (χ0n) is 15.4. The lowest BCUT2D eigenvalue weighted by Crippen LogP contribution is -2.50. The molecule has 9 heteroatoms. The Bertz CT molecular complexity index is 758. The molecular weight excluding hydrogens is 354 g/mol. The Morgan fingerprint density at radius 2 is 1.81 bits per heavy atom. The van der Waals surface area contributed by atoms with Gasteiger partial charge in [-0.25, -0.2) is 4.79 Å². The maximum atomic E-state index is 12.5. The fraction of sp³-hybridized carbons (Fsp3) is 0.412. The minimum Gasteiger partial charge on any atom is -0.497 e. The van der Waals surface area contributed by atoms with Crippen LogP contribution in [-0.4, -0.2) is 54.3 Å². The van der Waals surface area contributed by atoms with E-state index in [4.69, 9.17) is 4.74 Å². The normalized spacial score (nSPS) is 11.8. The maximum absolute atomic E-state index is 12.5. The second-order valence-corrected chi connectivity index (χ2v) is 7.17. The van der Waals surface area contributed by atoms with Crippen LogP contribution in [0.4, 0.5) is 9.93 Å². The molecule has 0 saturated heterocycles. The quantitative estimate of drug-likeness (QED) is 0.806. The van der Waals surface area contributed by atoms with Gasteiger partial charge in [0, 0.05) is 19.7 Å². The summed E-state index contributed by atoms with van der Waals surface area (Å²) >= 11 is 1.26. The standard InChI is InChI=1S/C17H23N5O3S/c1-10(2)13(18-17(24)22(3)4)14(23)19-16-21-20-15(26-16)11-6-8-12(25-5)9-7-11/h6-10,13H,1-5H3,(H,18,24)(H,19,21,23). The highest BCUT2D eigenvalue weighted by Crippen LogP contribution is 2.27. The highest BCUT2D eigenvalue weighted by atomic mass is 32.1. The summed E-state index contributed by atoms with van der Waals surface area (Å²) in [5.74, 6) is 0.351. The molecular formula is C17H23N5O3S. The first-order valence-corrected chi connectivity index (χ1v) is 8.90. The Kier molecular flexibility index (Phi) is 6.51. The van der Waals surface area contributed by atoms with Gasteiger partial charge in [0.2, 0.25) is 11.0 Å². The minimum absolute atomic E-state index is 0.0760. The van der Waals surface area contributed by atoms with Crippen LogP contribution in [0.3, 0.4) is 0 Å². The Balaban J connectivity index is 2.08. The molecule has 1 heterocycles.